The van der Waals surface area contributed by atoms with Crippen LogP contribution < -0.4 is 9.64 Å². The number of hydrogen-bond donors (Lipinski definition) is 0. The quantitative estimate of drug-likeness (QED) is 0.388. The molecule has 0 radical (unpaired) electrons. The predicted octanol–water partition coefficient (Wildman–Crippen LogP) is -0.502. The first-order chi connectivity index (χ1) is 8.36. The number of hydrogen-bond acceptors (Lipinski definition) is 9. The molecule has 98 valence electrons. The van der Waals surface area contributed by atoms with E-state index in [0.717, 1.165) is 0 Å². The van der Waals surface area contributed by atoms with E-state index in [0.29, 0.717) is 0 Å². The lowest BCUT2D eigenvalue weighted by Crippen LogP contribution is -2.24. The molecule has 0 aromatic carbocycles. The van der Waals surface area contributed by atoms with Crippen LogP contribution in [0.2, 0.25) is 0 Å². The van der Waals surface area contributed by atoms with E-state index in [9.17, 15) is 20.2 Å². The van der Waals surface area contributed by atoms with Gasteiger partial charge in [-0.1, -0.05) is 0 Å². The van der Waals surface area contributed by atoms with Gasteiger partial charge in [0.25, 0.3) is 5.82 Å². The summed E-state index contributed by atoms with van der Waals surface area (Å²) in [6.45, 7) is 0. The molecule has 1 heterocycles. The number of rotatable bonds is 5. The van der Waals surface area contributed by atoms with E-state index in [4.69, 9.17) is 4.74 Å². The van der Waals surface area contributed by atoms with Crippen LogP contribution in [-0.2, 0) is 0 Å². The van der Waals surface area contributed by atoms with Crippen LogP contribution in [0.5, 0.6) is 6.01 Å². The van der Waals surface area contributed by atoms with Crippen LogP contribution in [0.3, 0.4) is 0 Å². The summed E-state index contributed by atoms with van der Waals surface area (Å²) < 4.78 is 4.72. The molecular formula is C7H10N6O5. The highest BCUT2D eigenvalue weighted by Crippen LogP contribution is 2.17. The topological polar surface area (TPSA) is 137 Å². The van der Waals surface area contributed by atoms with E-state index in [1.807, 2.05) is 0 Å². The molecule has 18 heavy (non-hydrogen) atoms. The van der Waals surface area contributed by atoms with E-state index in [1.165, 1.54) is 12.0 Å². The second-order valence-electron chi connectivity index (χ2n) is 3.32. The van der Waals surface area contributed by atoms with Crippen LogP contribution in [0, 0.1) is 20.2 Å². The molecule has 11 nitrogen and oxygen atoms in total. The van der Waals surface area contributed by atoms with Crippen molar-refractivity contribution in [2.45, 2.75) is 6.17 Å². The predicted molar refractivity (Wildman–Crippen MR) is 57.4 cm³/mol. The number of methoxy groups -OCH3 is 1. The third kappa shape index (κ3) is 2.75. The molecule has 0 unspecified atom stereocenters. The molecule has 0 bridgehead atoms. The number of aromatic nitrogens is 3. The van der Waals surface area contributed by atoms with Gasteiger partial charge in [-0.15, -0.1) is 0 Å². The Bertz CT molecular complexity index is 463. The third-order valence-corrected chi connectivity index (χ3v) is 1.83. The van der Waals surface area contributed by atoms with Crippen LogP contribution in [0.15, 0.2) is 0 Å². The zero-order valence-electron chi connectivity index (χ0n) is 9.80. The molecule has 0 aliphatic heterocycles. The molecule has 0 atom stereocenters. The maximum Gasteiger partial charge on any atom is 0.509 e. The highest BCUT2D eigenvalue weighted by Gasteiger charge is 2.39. The summed E-state index contributed by atoms with van der Waals surface area (Å²) in [4.78, 5) is 31.5. The van der Waals surface area contributed by atoms with E-state index < -0.39 is 21.8 Å². The molecule has 0 aliphatic carbocycles. The van der Waals surface area contributed by atoms with Crippen molar-refractivity contribution in [1.82, 2.24) is 15.0 Å². The molecule has 1 aromatic rings. The van der Waals surface area contributed by atoms with Gasteiger partial charge in [-0.25, -0.2) is 0 Å². The van der Waals surface area contributed by atoms with E-state index in [-0.39, 0.29) is 12.0 Å². The van der Waals surface area contributed by atoms with E-state index in [1.54, 1.807) is 14.1 Å². The first-order valence-corrected chi connectivity index (χ1v) is 4.61. The fourth-order valence-corrected chi connectivity index (χ4v) is 1.03. The summed E-state index contributed by atoms with van der Waals surface area (Å²) in [5.74, 6) is -0.550. The Morgan fingerprint density at radius 1 is 1.17 bits per heavy atom. The van der Waals surface area contributed by atoms with Gasteiger partial charge in [0.05, 0.1) is 7.11 Å². The number of ether oxygens (including phenoxy) is 1. The van der Waals surface area contributed by atoms with Crippen molar-refractivity contribution in [3.8, 4) is 6.01 Å². The maximum absolute atomic E-state index is 10.6. The van der Waals surface area contributed by atoms with Crippen LogP contribution >= 0.6 is 0 Å². The van der Waals surface area contributed by atoms with Gasteiger partial charge in [-0.05, 0) is 0 Å². The minimum absolute atomic E-state index is 0.0329. The zero-order valence-corrected chi connectivity index (χ0v) is 9.80. The largest absolute Gasteiger partial charge is 0.509 e. The Morgan fingerprint density at radius 2 is 1.72 bits per heavy atom. The van der Waals surface area contributed by atoms with Gasteiger partial charge >= 0.3 is 12.2 Å². The van der Waals surface area contributed by atoms with Crippen molar-refractivity contribution in [3.05, 3.63) is 26.1 Å². The Morgan fingerprint density at radius 3 is 2.11 bits per heavy atom. The van der Waals surface area contributed by atoms with E-state index in [2.05, 4.69) is 15.0 Å². The Balaban J connectivity index is 3.33. The van der Waals surface area contributed by atoms with Crippen molar-refractivity contribution >= 4 is 5.95 Å². The molecule has 0 amide bonds. The van der Waals surface area contributed by atoms with Gasteiger partial charge in [-0.3, -0.25) is 20.2 Å². The molecule has 0 saturated carbocycles. The van der Waals surface area contributed by atoms with Crippen molar-refractivity contribution in [2.75, 3.05) is 26.1 Å². The lowest BCUT2D eigenvalue weighted by molar-refractivity contribution is -0.754. The smallest absolute Gasteiger partial charge is 0.467 e. The maximum atomic E-state index is 10.6. The number of nitrogens with zero attached hydrogens (tertiary/aromatic N) is 6. The van der Waals surface area contributed by atoms with Crippen LogP contribution in [0.25, 0.3) is 0 Å². The molecule has 1 rings (SSSR count). The van der Waals surface area contributed by atoms with Gasteiger partial charge in [-0.2, -0.15) is 15.0 Å². The zero-order chi connectivity index (χ0) is 13.9. The summed E-state index contributed by atoms with van der Waals surface area (Å²) in [6, 6.07) is -0.225. The fourth-order valence-electron chi connectivity index (χ4n) is 1.03. The summed E-state index contributed by atoms with van der Waals surface area (Å²) in [7, 11) is 4.39. The monoisotopic (exact) mass is 258 g/mol. The standard InChI is InChI=1S/C7H10N6O5/c1-11(2)6-8-4(9-7(10-6)18-3)5(12(14)15)13(16)17/h5H,1-3H3. The SMILES string of the molecule is COc1nc(C([N+](=O)[O-])[N+](=O)[O-])nc(N(C)C)n1. The minimum atomic E-state index is -2.25. The molecule has 0 spiro atoms. The fraction of sp³-hybridized carbons (Fsp3) is 0.571. The highest BCUT2D eigenvalue weighted by atomic mass is 16.7. The first kappa shape index (κ1) is 13.5. The number of nitro groups is 2. The molecule has 11 heteroatoms. The molecular weight excluding hydrogens is 248 g/mol. The summed E-state index contributed by atoms with van der Waals surface area (Å²) in [5, 5.41) is 21.3. The average molecular weight is 258 g/mol. The lowest BCUT2D eigenvalue weighted by atomic mass is 10.5. The van der Waals surface area contributed by atoms with Gasteiger partial charge in [0.1, 0.15) is 9.85 Å². The van der Waals surface area contributed by atoms with Crippen molar-refractivity contribution in [3.63, 3.8) is 0 Å². The summed E-state index contributed by atoms with van der Waals surface area (Å²) >= 11 is 0. The normalized spacial score (nSPS) is 10.2. The van der Waals surface area contributed by atoms with Gasteiger partial charge < -0.3 is 9.64 Å². The molecule has 0 fully saturated rings. The molecule has 0 N–H and O–H groups in total. The van der Waals surface area contributed by atoms with Gasteiger partial charge in [0.15, 0.2) is 0 Å². The second kappa shape index (κ2) is 5.16. The van der Waals surface area contributed by atoms with Crippen molar-refractivity contribution in [2.24, 2.45) is 0 Å². The molecule has 0 saturated heterocycles. The Hall–Kier alpha value is -2.59. The molecule has 1 aromatic heterocycles. The van der Waals surface area contributed by atoms with Crippen LogP contribution in [0.1, 0.15) is 12.0 Å². The van der Waals surface area contributed by atoms with Gasteiger partial charge in [0, 0.05) is 14.1 Å². The Labute approximate surface area is 101 Å². The molecule has 0 aliphatic rings. The summed E-state index contributed by atoms with van der Waals surface area (Å²) in [6.07, 6.45) is -2.25. The average Bonchev–Trinajstić information content (AvgIpc) is 2.27. The minimum Gasteiger partial charge on any atom is -0.467 e. The first-order valence-electron chi connectivity index (χ1n) is 4.61. The van der Waals surface area contributed by atoms with Crippen LogP contribution in [-0.4, -0.2) is 46.0 Å². The van der Waals surface area contributed by atoms with Gasteiger partial charge in [0.2, 0.25) is 5.95 Å². The van der Waals surface area contributed by atoms with Crippen molar-refractivity contribution in [1.29, 1.82) is 0 Å². The van der Waals surface area contributed by atoms with Crippen LogP contribution in [0.4, 0.5) is 5.95 Å². The Kier molecular flexibility index (Phi) is 3.86. The second-order valence-corrected chi connectivity index (χ2v) is 3.32. The number of anilines is 1. The highest BCUT2D eigenvalue weighted by molar-refractivity contribution is 5.28. The van der Waals surface area contributed by atoms with E-state index >= 15 is 0 Å². The lowest BCUT2D eigenvalue weighted by Gasteiger charge is -2.11. The van der Waals surface area contributed by atoms with Crippen molar-refractivity contribution < 1.29 is 14.6 Å². The summed E-state index contributed by atoms with van der Waals surface area (Å²) in [5.41, 5.74) is 0. The third-order valence-electron chi connectivity index (χ3n) is 1.83.